The Morgan fingerprint density at radius 1 is 1.07 bits per heavy atom. The van der Waals surface area contributed by atoms with Gasteiger partial charge in [-0.2, -0.15) is 26.3 Å². The zero-order chi connectivity index (χ0) is 30.0. The summed E-state index contributed by atoms with van der Waals surface area (Å²) < 4.78 is 97.3. The Morgan fingerprint density at radius 2 is 1.73 bits per heavy atom. The number of hydrogen-bond acceptors (Lipinski definition) is 7. The number of alkyl halides is 6. The van der Waals surface area contributed by atoms with Crippen LogP contribution in [0.4, 0.5) is 32.0 Å². The van der Waals surface area contributed by atoms with Crippen LogP contribution in [0.5, 0.6) is 0 Å². The molecule has 1 fully saturated rings. The molecule has 1 aliphatic heterocycles. The largest absolute Gasteiger partial charge is 0.490 e. The van der Waals surface area contributed by atoms with Crippen molar-refractivity contribution in [1.82, 2.24) is 14.6 Å². The quantitative estimate of drug-likeness (QED) is 0.240. The molecule has 1 aromatic heterocycles. The predicted octanol–water partition coefficient (Wildman–Crippen LogP) is 3.77. The second kappa shape index (κ2) is 14.6. The molecule has 0 radical (unpaired) electrons. The number of anilines is 1. The van der Waals surface area contributed by atoms with Crippen LogP contribution < -0.4 is 10.0 Å². The van der Waals surface area contributed by atoms with Gasteiger partial charge in [0, 0.05) is 41.9 Å². The number of sulfonamides is 1. The van der Waals surface area contributed by atoms with E-state index in [0.29, 0.717) is 36.3 Å². The van der Waals surface area contributed by atoms with Crippen LogP contribution in [0.25, 0.3) is 10.8 Å². The maximum Gasteiger partial charge on any atom is 0.490 e. The molecule has 0 atom stereocenters. The van der Waals surface area contributed by atoms with Gasteiger partial charge in [0.1, 0.15) is 0 Å². The summed E-state index contributed by atoms with van der Waals surface area (Å²) in [4.78, 5) is 14.6. The van der Waals surface area contributed by atoms with Crippen molar-refractivity contribution in [2.75, 3.05) is 44.6 Å². The van der Waals surface area contributed by atoms with Crippen LogP contribution >= 0.6 is 0 Å². The Balaban J connectivity index is 0.000000708. The molecule has 3 rings (SSSR count). The number of aliphatic hydroxyl groups excluding tert-OH is 1. The average Bonchev–Trinajstić information content (AvgIpc) is 2.86. The van der Waals surface area contributed by atoms with Gasteiger partial charge in [-0.15, -0.1) is 0 Å². The van der Waals surface area contributed by atoms with E-state index in [1.54, 1.807) is 24.4 Å². The van der Waals surface area contributed by atoms with Crippen molar-refractivity contribution in [1.29, 1.82) is 0 Å². The molecule has 1 aromatic carbocycles. The van der Waals surface area contributed by atoms with E-state index in [-0.39, 0.29) is 18.0 Å². The third kappa shape index (κ3) is 10.9. The number of benzene rings is 1. The highest BCUT2D eigenvalue weighted by atomic mass is 32.2. The third-order valence-electron chi connectivity index (χ3n) is 5.95. The Labute approximate surface area is 226 Å². The van der Waals surface area contributed by atoms with E-state index in [1.807, 2.05) is 0 Å². The number of fused-ring (bicyclic) bond motifs is 1. The van der Waals surface area contributed by atoms with Gasteiger partial charge in [0.25, 0.3) is 0 Å². The molecule has 2 aromatic rings. The number of halogens is 6. The molecule has 0 bridgehead atoms. The first-order chi connectivity index (χ1) is 18.6. The van der Waals surface area contributed by atoms with Crippen molar-refractivity contribution in [3.8, 4) is 0 Å². The van der Waals surface area contributed by atoms with Crippen LogP contribution in [-0.2, 0) is 14.8 Å². The topological polar surface area (TPSA) is 132 Å². The molecule has 16 heteroatoms. The first kappa shape index (κ1) is 33.3. The summed E-state index contributed by atoms with van der Waals surface area (Å²) in [5, 5.41) is 20.4. The summed E-state index contributed by atoms with van der Waals surface area (Å²) in [7, 11) is -3.76. The monoisotopic (exact) mass is 600 g/mol. The molecule has 40 heavy (non-hydrogen) atoms. The van der Waals surface area contributed by atoms with Crippen molar-refractivity contribution < 1.29 is 49.8 Å². The van der Waals surface area contributed by atoms with Crippen LogP contribution in [0.15, 0.2) is 47.6 Å². The molecule has 0 saturated carbocycles. The summed E-state index contributed by atoms with van der Waals surface area (Å²) in [5.41, 5.74) is 0.756. The molecule has 0 spiro atoms. The van der Waals surface area contributed by atoms with Crippen LogP contribution in [0, 0.1) is 5.92 Å². The molecule has 224 valence electrons. The minimum atomic E-state index is -5.08. The fraction of sp³-hybridized carbons (Fsp3) is 0.500. The molecule has 9 nitrogen and oxygen atoms in total. The summed E-state index contributed by atoms with van der Waals surface area (Å²) in [6.45, 7) is 0.581. The van der Waals surface area contributed by atoms with Gasteiger partial charge in [-0.3, -0.25) is 9.88 Å². The van der Waals surface area contributed by atoms with Gasteiger partial charge >= 0.3 is 18.3 Å². The highest BCUT2D eigenvalue weighted by Gasteiger charge is 2.38. The number of pyridine rings is 1. The summed E-state index contributed by atoms with van der Waals surface area (Å²) in [6.07, 6.45) is -0.831. The lowest BCUT2D eigenvalue weighted by molar-refractivity contribution is -0.192. The van der Waals surface area contributed by atoms with Gasteiger partial charge in [0.05, 0.1) is 18.0 Å². The molecule has 1 saturated heterocycles. The van der Waals surface area contributed by atoms with Crippen molar-refractivity contribution in [2.45, 2.75) is 36.5 Å². The lowest BCUT2D eigenvalue weighted by Crippen LogP contribution is -2.40. The van der Waals surface area contributed by atoms with Crippen molar-refractivity contribution >= 4 is 32.5 Å². The first-order valence-electron chi connectivity index (χ1n) is 12.1. The molecule has 0 amide bonds. The standard InChI is InChI=1S/C22H29F3N4O3S.C2HF3O2/c23-22(24,25)16-29-12-7-17(8-13-29)5-11-27-20-3-4-21(18-6-10-26-15-19(18)20)33(31,32)28-9-1-2-14-30;3-2(4,5)1(6)7/h1-4,6,10,15,17,27-28,30H,5,7-9,11-14,16H2;(H,6,7)/b2-1+;. The summed E-state index contributed by atoms with van der Waals surface area (Å²) in [5.74, 6) is -2.41. The van der Waals surface area contributed by atoms with Gasteiger partial charge in [0.15, 0.2) is 0 Å². The number of aliphatic hydroxyl groups is 1. The predicted molar refractivity (Wildman–Crippen MR) is 135 cm³/mol. The summed E-state index contributed by atoms with van der Waals surface area (Å²) in [6, 6.07) is 4.89. The lowest BCUT2D eigenvalue weighted by Gasteiger charge is -2.32. The van der Waals surface area contributed by atoms with E-state index in [9.17, 15) is 34.8 Å². The van der Waals surface area contributed by atoms with E-state index >= 15 is 0 Å². The fourth-order valence-electron chi connectivity index (χ4n) is 4.04. The number of carboxylic acids is 1. The summed E-state index contributed by atoms with van der Waals surface area (Å²) >= 11 is 0. The van der Waals surface area contributed by atoms with Crippen LogP contribution in [-0.4, -0.2) is 86.2 Å². The molecular formula is C24H30F6N4O5S. The minimum Gasteiger partial charge on any atom is -0.475 e. The van der Waals surface area contributed by atoms with Crippen molar-refractivity contribution in [3.63, 3.8) is 0 Å². The van der Waals surface area contributed by atoms with E-state index in [1.165, 1.54) is 23.2 Å². The average molecular weight is 601 g/mol. The number of piperidine rings is 1. The minimum absolute atomic E-state index is 0.0667. The number of aromatic nitrogens is 1. The molecular weight excluding hydrogens is 570 g/mol. The van der Waals surface area contributed by atoms with Gasteiger partial charge in [-0.05, 0) is 56.5 Å². The Hall–Kier alpha value is -2.95. The smallest absolute Gasteiger partial charge is 0.475 e. The highest BCUT2D eigenvalue weighted by Crippen LogP contribution is 2.30. The number of aliphatic carboxylic acids is 1. The molecule has 2 heterocycles. The number of likely N-dealkylation sites (tertiary alicyclic amines) is 1. The molecule has 1 aliphatic rings. The number of carboxylic acid groups (broad SMARTS) is 1. The fourth-order valence-corrected chi connectivity index (χ4v) is 5.23. The van der Waals surface area contributed by atoms with E-state index in [0.717, 1.165) is 24.9 Å². The first-order valence-corrected chi connectivity index (χ1v) is 13.6. The molecule has 0 unspecified atom stereocenters. The Kier molecular flexibility index (Phi) is 12.2. The van der Waals surface area contributed by atoms with Crippen LogP contribution in [0.3, 0.4) is 0 Å². The normalized spacial score (nSPS) is 15.7. The van der Waals surface area contributed by atoms with Crippen molar-refractivity contribution in [3.05, 3.63) is 42.7 Å². The SMILES string of the molecule is O=C(O)C(F)(F)F.O=S(=O)(NC/C=C/CO)c1ccc(NCCC2CCN(CC(F)(F)F)CC2)c2cnccc12. The number of hydrogen-bond donors (Lipinski definition) is 4. The Bertz CT molecular complexity index is 1250. The van der Waals surface area contributed by atoms with Gasteiger partial charge in [-0.1, -0.05) is 12.2 Å². The third-order valence-corrected chi connectivity index (χ3v) is 7.43. The van der Waals surface area contributed by atoms with Gasteiger partial charge in [-0.25, -0.2) is 17.9 Å². The molecule has 0 aliphatic carbocycles. The van der Waals surface area contributed by atoms with Crippen LogP contribution in [0.1, 0.15) is 19.3 Å². The van der Waals surface area contributed by atoms with Crippen LogP contribution in [0.2, 0.25) is 0 Å². The Morgan fingerprint density at radius 3 is 2.30 bits per heavy atom. The second-order valence-corrected chi connectivity index (χ2v) is 10.6. The zero-order valence-corrected chi connectivity index (χ0v) is 22.0. The number of rotatable bonds is 10. The van der Waals surface area contributed by atoms with Gasteiger partial charge < -0.3 is 15.5 Å². The maximum absolute atomic E-state index is 12.7. The molecule has 4 N–H and O–H groups in total. The highest BCUT2D eigenvalue weighted by molar-refractivity contribution is 7.89. The lowest BCUT2D eigenvalue weighted by atomic mass is 9.93. The second-order valence-electron chi connectivity index (χ2n) is 8.89. The number of nitrogens with one attached hydrogen (secondary N) is 2. The van der Waals surface area contributed by atoms with Crippen molar-refractivity contribution in [2.24, 2.45) is 5.92 Å². The zero-order valence-electron chi connectivity index (χ0n) is 21.2. The number of nitrogens with zero attached hydrogens (tertiary/aromatic N) is 2. The van der Waals surface area contributed by atoms with E-state index in [2.05, 4.69) is 15.0 Å². The van der Waals surface area contributed by atoms with E-state index in [4.69, 9.17) is 15.0 Å². The van der Waals surface area contributed by atoms with E-state index < -0.39 is 34.9 Å². The van der Waals surface area contributed by atoms with Gasteiger partial charge in [0.2, 0.25) is 10.0 Å². The number of carbonyl (C=O) groups is 1. The maximum atomic E-state index is 12.7.